The molecule has 0 spiro atoms. The average Bonchev–Trinajstić information content (AvgIpc) is 2.08. The summed E-state index contributed by atoms with van der Waals surface area (Å²) in [6, 6.07) is 0. The zero-order valence-corrected chi connectivity index (χ0v) is 11.0. The van der Waals surface area contributed by atoms with Crippen LogP contribution in [0.1, 0.15) is 39.5 Å². The molecule has 0 aromatic rings. The summed E-state index contributed by atoms with van der Waals surface area (Å²) in [4.78, 5) is 0. The van der Waals surface area contributed by atoms with Gasteiger partial charge in [0.1, 0.15) is 0 Å². The zero-order valence-electron chi connectivity index (χ0n) is 7.68. The Morgan fingerprint density at radius 1 is 1.00 bits per heavy atom. The van der Waals surface area contributed by atoms with Gasteiger partial charge in [0, 0.05) is 13.2 Å². The summed E-state index contributed by atoms with van der Waals surface area (Å²) in [7, 11) is 0. The van der Waals surface area contributed by atoms with E-state index in [1.165, 1.54) is 25.7 Å². The van der Waals surface area contributed by atoms with Gasteiger partial charge in [-0.3, -0.25) is 0 Å². The van der Waals surface area contributed by atoms with Crippen molar-refractivity contribution in [2.24, 2.45) is 0 Å². The van der Waals surface area contributed by atoms with Crippen LogP contribution in [0.25, 0.3) is 0 Å². The molecule has 0 aliphatic rings. The van der Waals surface area contributed by atoms with Gasteiger partial charge in [-0.2, -0.15) is 0 Å². The molecule has 0 rings (SSSR count). The van der Waals surface area contributed by atoms with E-state index in [1.54, 1.807) is 0 Å². The fourth-order valence-electron chi connectivity index (χ4n) is 0.595. The summed E-state index contributed by atoms with van der Waals surface area (Å²) in [6.07, 6.45) is 4.91. The van der Waals surface area contributed by atoms with Crippen LogP contribution in [0.2, 0.25) is 0 Å². The molecule has 0 aliphatic carbocycles. The van der Waals surface area contributed by atoms with Gasteiger partial charge >= 0.3 is 26.4 Å². The predicted molar refractivity (Wildman–Crippen MR) is 50.0 cm³/mol. The summed E-state index contributed by atoms with van der Waals surface area (Å²) in [5.74, 6) is 0. The normalized spacial score (nSPS) is 8.73. The average molecular weight is 267 g/mol. The summed E-state index contributed by atoms with van der Waals surface area (Å²) in [5.41, 5.74) is 0. The molecule has 0 saturated carbocycles. The molecule has 1 N–H and O–H groups in total. The van der Waals surface area contributed by atoms with E-state index in [0.29, 0.717) is 22.9 Å². The van der Waals surface area contributed by atoms with Gasteiger partial charge in [-0.15, -0.1) is 0 Å². The Balaban J connectivity index is 0. The quantitative estimate of drug-likeness (QED) is 0.582. The van der Waals surface area contributed by atoms with E-state index in [-0.39, 0.29) is 0 Å². The van der Waals surface area contributed by atoms with E-state index in [0.717, 1.165) is 13.2 Å². The SMILES string of the molecule is CCCCOCCCC.[OH][SnH]. The Kier molecular flexibility index (Phi) is 22.0. The molecule has 68 valence electrons. The molecule has 11 heavy (non-hydrogen) atoms. The van der Waals surface area contributed by atoms with Gasteiger partial charge in [0.2, 0.25) is 0 Å². The minimum absolute atomic E-state index is 0.350. The molecule has 0 atom stereocenters. The van der Waals surface area contributed by atoms with Crippen LogP contribution in [0.3, 0.4) is 0 Å². The van der Waals surface area contributed by atoms with Crippen molar-refractivity contribution in [3.63, 3.8) is 0 Å². The second-order valence-electron chi connectivity index (χ2n) is 2.32. The van der Waals surface area contributed by atoms with Crippen LogP contribution in [0.15, 0.2) is 0 Å². The summed E-state index contributed by atoms with van der Waals surface area (Å²) < 4.78 is 12.4. The third kappa shape index (κ3) is 18.0. The van der Waals surface area contributed by atoms with E-state index in [4.69, 9.17) is 8.18 Å². The van der Waals surface area contributed by atoms with Gasteiger partial charge in [-0.05, 0) is 12.8 Å². The molecule has 0 aliphatic heterocycles. The van der Waals surface area contributed by atoms with E-state index >= 15 is 0 Å². The first-order valence-electron chi connectivity index (χ1n) is 4.25. The fraction of sp³-hybridized carbons (Fsp3) is 1.00. The van der Waals surface area contributed by atoms with Crippen LogP contribution in [-0.2, 0) is 4.74 Å². The van der Waals surface area contributed by atoms with Crippen molar-refractivity contribution in [3.05, 3.63) is 0 Å². The van der Waals surface area contributed by atoms with Crippen LogP contribution in [0.5, 0.6) is 0 Å². The molecule has 0 heterocycles. The standard InChI is InChI=1S/C8H18O.H2O.Sn.H/c1-3-5-7-9-8-6-4-2;;;/h3-8H2,1-2H3;1H2;;/q;;+1;/p-1. The van der Waals surface area contributed by atoms with E-state index in [1.807, 2.05) is 0 Å². The van der Waals surface area contributed by atoms with Crippen LogP contribution >= 0.6 is 0 Å². The number of rotatable bonds is 6. The second kappa shape index (κ2) is 17.0. The number of ether oxygens (including phenoxy) is 1. The molecule has 2 nitrogen and oxygen atoms in total. The predicted octanol–water partition coefficient (Wildman–Crippen LogP) is 1.40. The Labute approximate surface area is 84.0 Å². The molecular formula is C8H20O2Sn. The van der Waals surface area contributed by atoms with Gasteiger partial charge in [-0.25, -0.2) is 0 Å². The van der Waals surface area contributed by atoms with E-state index in [9.17, 15) is 0 Å². The molecule has 3 heteroatoms. The maximum atomic E-state index is 7.13. The number of unbranched alkanes of at least 4 members (excludes halogenated alkanes) is 2. The maximum absolute atomic E-state index is 7.13. The molecule has 0 bridgehead atoms. The third-order valence-corrected chi connectivity index (χ3v) is 1.28. The summed E-state index contributed by atoms with van der Waals surface area (Å²) >= 11 is 0.350. The summed E-state index contributed by atoms with van der Waals surface area (Å²) in [6.45, 7) is 6.28. The molecule has 0 saturated heterocycles. The van der Waals surface area contributed by atoms with E-state index < -0.39 is 0 Å². The molecule has 0 amide bonds. The van der Waals surface area contributed by atoms with Crippen molar-refractivity contribution in [1.82, 2.24) is 0 Å². The number of hydrogen-bond donors (Lipinski definition) is 1. The first kappa shape index (κ1) is 14.3. The van der Waals surface area contributed by atoms with Gasteiger partial charge < -0.3 is 4.74 Å². The molecule has 0 aromatic carbocycles. The van der Waals surface area contributed by atoms with Crippen LogP contribution < -0.4 is 0 Å². The molecule has 0 aromatic heterocycles. The summed E-state index contributed by atoms with van der Waals surface area (Å²) in [5, 5.41) is 0. The Hall–Kier alpha value is 0.719. The second-order valence-corrected chi connectivity index (χ2v) is 2.32. The topological polar surface area (TPSA) is 29.5 Å². The number of hydrogen-bond acceptors (Lipinski definition) is 2. The van der Waals surface area contributed by atoms with Crippen LogP contribution in [0.4, 0.5) is 0 Å². The molecule has 2 radical (unpaired) electrons. The van der Waals surface area contributed by atoms with Crippen LogP contribution in [0, 0.1) is 0 Å². The van der Waals surface area contributed by atoms with Gasteiger partial charge in [-0.1, -0.05) is 26.7 Å². The first-order chi connectivity index (χ1) is 5.41. The van der Waals surface area contributed by atoms with Crippen molar-refractivity contribution < 1.29 is 8.18 Å². The molecule has 0 fully saturated rings. The Morgan fingerprint density at radius 2 is 1.36 bits per heavy atom. The molecule has 0 unspecified atom stereocenters. The van der Waals surface area contributed by atoms with Crippen molar-refractivity contribution in [3.8, 4) is 0 Å². The van der Waals surface area contributed by atoms with Crippen molar-refractivity contribution in [2.45, 2.75) is 39.5 Å². The van der Waals surface area contributed by atoms with Crippen molar-refractivity contribution in [1.29, 1.82) is 0 Å². The van der Waals surface area contributed by atoms with Gasteiger partial charge in [0.05, 0.1) is 0 Å². The third-order valence-electron chi connectivity index (χ3n) is 1.28. The monoisotopic (exact) mass is 268 g/mol. The minimum atomic E-state index is 0.350. The van der Waals surface area contributed by atoms with E-state index in [2.05, 4.69) is 13.8 Å². The van der Waals surface area contributed by atoms with Gasteiger partial charge in [0.25, 0.3) is 0 Å². The van der Waals surface area contributed by atoms with Crippen LogP contribution in [-0.4, -0.2) is 39.6 Å². The Morgan fingerprint density at radius 3 is 1.64 bits per heavy atom. The molecular weight excluding hydrogens is 247 g/mol. The Bertz CT molecular complexity index is 45.4. The zero-order chi connectivity index (χ0) is 8.95. The van der Waals surface area contributed by atoms with Gasteiger partial charge in [0.15, 0.2) is 0 Å². The fourth-order valence-corrected chi connectivity index (χ4v) is 0.595. The van der Waals surface area contributed by atoms with Crippen molar-refractivity contribution >= 4 is 22.9 Å². The first-order valence-corrected chi connectivity index (χ1v) is 5.72. The van der Waals surface area contributed by atoms with Crippen molar-refractivity contribution in [2.75, 3.05) is 13.2 Å².